The van der Waals surface area contributed by atoms with E-state index >= 15 is 0 Å². The minimum Gasteiger partial charge on any atom is -0.857 e. The molecule has 4 aromatic rings. The van der Waals surface area contributed by atoms with Gasteiger partial charge < -0.3 is 10.2 Å². The van der Waals surface area contributed by atoms with Gasteiger partial charge in [0, 0.05) is 24.2 Å². The van der Waals surface area contributed by atoms with Gasteiger partial charge in [0.2, 0.25) is 0 Å². The van der Waals surface area contributed by atoms with Crippen molar-refractivity contribution in [2.45, 2.75) is 13.8 Å². The van der Waals surface area contributed by atoms with Gasteiger partial charge in [0.25, 0.3) is 0 Å². The molecule has 0 bridgehead atoms. The molecule has 0 saturated carbocycles. The van der Waals surface area contributed by atoms with Crippen molar-refractivity contribution in [3.63, 3.8) is 0 Å². The van der Waals surface area contributed by atoms with E-state index in [1.807, 2.05) is 48.5 Å². The fraction of sp³-hybridized carbons (Fsp3) is 0.0714. The first-order valence-corrected chi connectivity index (χ1v) is 11.1. The molecule has 0 aliphatic carbocycles. The third-order valence-corrected chi connectivity index (χ3v) is 4.69. The Kier molecular flexibility index (Phi) is 12.1. The predicted molar refractivity (Wildman–Crippen MR) is 139 cm³/mol. The number of benzene rings is 2. The van der Waals surface area contributed by atoms with Gasteiger partial charge in [-0.3, -0.25) is 9.97 Å². The molecule has 0 aliphatic heterocycles. The van der Waals surface area contributed by atoms with E-state index in [0.717, 1.165) is 0 Å². The van der Waals surface area contributed by atoms with Crippen LogP contribution in [0.15, 0.2) is 130 Å². The van der Waals surface area contributed by atoms with Crippen LogP contribution in [0.5, 0.6) is 0 Å². The molecular formula is C28H24CoN6O2. The number of hydrogen-bond donors (Lipinski definition) is 0. The van der Waals surface area contributed by atoms with E-state index in [-0.39, 0.29) is 28.6 Å². The minimum atomic E-state index is -0.356. The minimum absolute atomic E-state index is 0. The van der Waals surface area contributed by atoms with Crippen molar-refractivity contribution in [1.82, 2.24) is 9.97 Å². The van der Waals surface area contributed by atoms with Crippen LogP contribution in [0, 0.1) is 0 Å². The number of hydrogen-bond acceptors (Lipinski definition) is 8. The normalized spacial score (nSPS) is 12.2. The zero-order valence-corrected chi connectivity index (χ0v) is 21.3. The van der Waals surface area contributed by atoms with Crippen molar-refractivity contribution < 1.29 is 27.0 Å². The Morgan fingerprint density at radius 3 is 1.19 bits per heavy atom. The van der Waals surface area contributed by atoms with E-state index in [1.54, 1.807) is 74.8 Å². The largest absolute Gasteiger partial charge is 2.00 e. The van der Waals surface area contributed by atoms with E-state index < -0.39 is 0 Å². The average Bonchev–Trinajstić information content (AvgIpc) is 2.96. The maximum absolute atomic E-state index is 11.7. The molecular weight excluding hydrogens is 511 g/mol. The maximum Gasteiger partial charge on any atom is 2.00 e. The number of pyridine rings is 2. The molecule has 9 heteroatoms. The van der Waals surface area contributed by atoms with E-state index in [4.69, 9.17) is 0 Å². The summed E-state index contributed by atoms with van der Waals surface area (Å²) >= 11 is 0. The summed E-state index contributed by atoms with van der Waals surface area (Å²) in [6.07, 6.45) is 3.35. The van der Waals surface area contributed by atoms with Crippen LogP contribution in [-0.2, 0) is 16.8 Å². The predicted octanol–water partition coefficient (Wildman–Crippen LogP) is 3.22. The van der Waals surface area contributed by atoms with Crippen LogP contribution >= 0.6 is 0 Å². The molecule has 2 aromatic carbocycles. The second-order valence-corrected chi connectivity index (χ2v) is 7.34. The van der Waals surface area contributed by atoms with E-state index in [1.165, 1.54) is 0 Å². The number of rotatable bonds is 6. The Bertz CT molecular complexity index is 1130. The molecule has 187 valence electrons. The monoisotopic (exact) mass is 535 g/mol. The maximum atomic E-state index is 11.7. The van der Waals surface area contributed by atoms with Gasteiger partial charge in [-0.15, -0.1) is 0 Å². The number of nitrogens with zero attached hydrogens (tertiary/aromatic N) is 6. The van der Waals surface area contributed by atoms with Gasteiger partial charge in [-0.2, -0.15) is 20.4 Å². The van der Waals surface area contributed by atoms with Crippen LogP contribution in [0.25, 0.3) is 0 Å². The summed E-state index contributed by atoms with van der Waals surface area (Å²) in [6, 6.07) is 28.7. The molecule has 2 aromatic heterocycles. The fourth-order valence-corrected chi connectivity index (χ4v) is 2.77. The first-order valence-electron chi connectivity index (χ1n) is 11.1. The Morgan fingerprint density at radius 1 is 0.514 bits per heavy atom. The summed E-state index contributed by atoms with van der Waals surface area (Å²) in [7, 11) is 0. The molecule has 4 rings (SSSR count). The molecule has 8 nitrogen and oxygen atoms in total. The van der Waals surface area contributed by atoms with Gasteiger partial charge in [0.15, 0.2) is 0 Å². The van der Waals surface area contributed by atoms with Crippen molar-refractivity contribution in [2.24, 2.45) is 20.4 Å². The summed E-state index contributed by atoms with van der Waals surface area (Å²) in [5, 5.41) is 38.5. The van der Waals surface area contributed by atoms with E-state index in [0.29, 0.717) is 33.9 Å². The third-order valence-electron chi connectivity index (χ3n) is 4.69. The van der Waals surface area contributed by atoms with Gasteiger partial charge in [0.05, 0.1) is 22.8 Å². The van der Waals surface area contributed by atoms with E-state index in [2.05, 4.69) is 30.4 Å². The molecule has 2 heterocycles. The van der Waals surface area contributed by atoms with Crippen molar-refractivity contribution >= 4 is 23.2 Å². The molecule has 0 N–H and O–H groups in total. The first kappa shape index (κ1) is 28.8. The zero-order chi connectivity index (χ0) is 25.6. The zero-order valence-electron chi connectivity index (χ0n) is 20.2. The SMILES string of the molecule is C/C(=N\N=C(/[O-])c1ccccc1)c1ccccn1.C/C(=N\N=C(/[O-])c1ccccc1)c1ccccn1.[Co+2]. The second kappa shape index (κ2) is 15.5. The van der Waals surface area contributed by atoms with Gasteiger partial charge in [-0.05, 0) is 49.2 Å². The topological polar surface area (TPSA) is 121 Å². The van der Waals surface area contributed by atoms with E-state index in [9.17, 15) is 10.2 Å². The standard InChI is InChI=1S/2C14H13N3O.Co/c2*1-11(13-9-5-6-10-15-13)16-17-14(18)12-7-3-2-4-8-12;/h2*2-10H,1H3,(H,17,18);/q;;+2/p-2/b2*16-11+;. The van der Waals surface area contributed by atoms with Crippen LogP contribution < -0.4 is 10.2 Å². The molecule has 0 aliphatic rings. The first-order chi connectivity index (χ1) is 17.5. The quantitative estimate of drug-likeness (QED) is 0.214. The summed E-state index contributed by atoms with van der Waals surface area (Å²) in [6.45, 7) is 3.54. The molecule has 0 amide bonds. The van der Waals surface area contributed by atoms with Crippen LogP contribution in [0.1, 0.15) is 36.4 Å². The summed E-state index contributed by atoms with van der Waals surface area (Å²) in [4.78, 5) is 8.25. The van der Waals surface area contributed by atoms with Gasteiger partial charge in [0.1, 0.15) is 0 Å². The molecule has 37 heavy (non-hydrogen) atoms. The fourth-order valence-electron chi connectivity index (χ4n) is 2.77. The van der Waals surface area contributed by atoms with Gasteiger partial charge >= 0.3 is 16.8 Å². The molecule has 0 unspecified atom stereocenters. The summed E-state index contributed by atoms with van der Waals surface area (Å²) in [5.74, 6) is -0.711. The van der Waals surface area contributed by atoms with Gasteiger partial charge in [-0.1, -0.05) is 72.8 Å². The smallest absolute Gasteiger partial charge is 0.857 e. The van der Waals surface area contributed by atoms with Crippen molar-refractivity contribution in [3.8, 4) is 0 Å². The van der Waals surface area contributed by atoms with Crippen LogP contribution in [0.3, 0.4) is 0 Å². The Balaban J connectivity index is 0.000000253. The third kappa shape index (κ3) is 9.59. The average molecular weight is 535 g/mol. The Hall–Kier alpha value is -4.47. The molecule has 0 atom stereocenters. The van der Waals surface area contributed by atoms with Crippen LogP contribution in [0.4, 0.5) is 0 Å². The Labute approximate surface area is 226 Å². The van der Waals surface area contributed by atoms with Crippen molar-refractivity contribution in [3.05, 3.63) is 132 Å². The molecule has 0 spiro atoms. The number of aromatic nitrogens is 2. The summed E-state index contributed by atoms with van der Waals surface area (Å²) < 4.78 is 0. The van der Waals surface area contributed by atoms with Crippen LogP contribution in [0.2, 0.25) is 0 Å². The molecule has 1 radical (unpaired) electrons. The van der Waals surface area contributed by atoms with Crippen LogP contribution in [-0.4, -0.2) is 33.2 Å². The van der Waals surface area contributed by atoms with Crippen molar-refractivity contribution in [2.75, 3.05) is 0 Å². The second-order valence-electron chi connectivity index (χ2n) is 7.34. The molecule has 0 saturated heterocycles. The van der Waals surface area contributed by atoms with Gasteiger partial charge in [-0.25, -0.2) is 0 Å². The Morgan fingerprint density at radius 2 is 0.865 bits per heavy atom. The van der Waals surface area contributed by atoms with Crippen molar-refractivity contribution in [1.29, 1.82) is 0 Å². The summed E-state index contributed by atoms with van der Waals surface area (Å²) in [5.41, 5.74) is 3.69. The molecule has 0 fully saturated rings.